The number of urea groups is 1. The molecule has 1 unspecified atom stereocenters. The molecule has 1 atom stereocenters. The van der Waals surface area contributed by atoms with Gasteiger partial charge in [0.25, 0.3) is 0 Å². The highest BCUT2D eigenvalue weighted by Crippen LogP contribution is 2.15. The summed E-state index contributed by atoms with van der Waals surface area (Å²) in [6.45, 7) is 2.18. The second kappa shape index (κ2) is 7.13. The van der Waals surface area contributed by atoms with Gasteiger partial charge in [0.2, 0.25) is 0 Å². The molecule has 0 aliphatic heterocycles. The zero-order chi connectivity index (χ0) is 17.0. The number of hydrogen-bond acceptors (Lipinski definition) is 3. The Balaban J connectivity index is 2.07. The summed E-state index contributed by atoms with van der Waals surface area (Å²) in [6, 6.07) is 6.45. The maximum absolute atomic E-state index is 12.2. The van der Waals surface area contributed by atoms with E-state index < -0.39 is 18.0 Å². The van der Waals surface area contributed by atoms with E-state index in [2.05, 4.69) is 10.3 Å². The molecule has 23 heavy (non-hydrogen) atoms. The summed E-state index contributed by atoms with van der Waals surface area (Å²) in [6.07, 6.45) is 1.09. The SMILES string of the molecule is CCCC(NC(=O)N(C)Cc1nc2ccccc2n1C)C(=O)O. The highest BCUT2D eigenvalue weighted by atomic mass is 16.4. The number of amides is 2. The maximum atomic E-state index is 12.2. The van der Waals surface area contributed by atoms with Gasteiger partial charge in [-0.25, -0.2) is 14.6 Å². The molecule has 1 aromatic carbocycles. The summed E-state index contributed by atoms with van der Waals surface area (Å²) in [5.74, 6) is -0.275. The van der Waals surface area contributed by atoms with Gasteiger partial charge in [-0.15, -0.1) is 0 Å². The Hall–Kier alpha value is -2.57. The molecule has 1 aromatic heterocycles. The lowest BCUT2D eigenvalue weighted by Gasteiger charge is -2.21. The molecule has 2 N–H and O–H groups in total. The van der Waals surface area contributed by atoms with E-state index in [1.807, 2.05) is 42.8 Å². The average molecular weight is 318 g/mol. The number of carbonyl (C=O) groups excluding carboxylic acids is 1. The van der Waals surface area contributed by atoms with E-state index in [0.717, 1.165) is 16.9 Å². The molecule has 7 nitrogen and oxygen atoms in total. The van der Waals surface area contributed by atoms with Gasteiger partial charge in [-0.05, 0) is 18.6 Å². The second-order valence-electron chi connectivity index (χ2n) is 5.56. The Labute approximate surface area is 134 Å². The molecule has 0 saturated carbocycles. The number of carbonyl (C=O) groups is 2. The fraction of sp³-hybridized carbons (Fsp3) is 0.438. The van der Waals surface area contributed by atoms with Crippen LogP contribution in [0.3, 0.4) is 0 Å². The average Bonchev–Trinajstić information content (AvgIpc) is 2.83. The summed E-state index contributed by atoms with van der Waals surface area (Å²) in [5, 5.41) is 11.7. The first-order valence-electron chi connectivity index (χ1n) is 7.58. The Morgan fingerprint density at radius 2 is 2.09 bits per heavy atom. The van der Waals surface area contributed by atoms with Crippen LogP contribution >= 0.6 is 0 Å². The van der Waals surface area contributed by atoms with Crippen molar-refractivity contribution < 1.29 is 14.7 Å². The molecule has 2 aromatic rings. The second-order valence-corrected chi connectivity index (χ2v) is 5.56. The minimum Gasteiger partial charge on any atom is -0.480 e. The summed E-state index contributed by atoms with van der Waals surface area (Å²) >= 11 is 0. The smallest absolute Gasteiger partial charge is 0.326 e. The van der Waals surface area contributed by atoms with Gasteiger partial charge in [0.1, 0.15) is 11.9 Å². The predicted molar refractivity (Wildman–Crippen MR) is 87.0 cm³/mol. The van der Waals surface area contributed by atoms with Crippen LogP contribution in [0, 0.1) is 0 Å². The summed E-state index contributed by atoms with van der Waals surface area (Å²) < 4.78 is 1.93. The van der Waals surface area contributed by atoms with E-state index in [9.17, 15) is 9.59 Å². The molecular formula is C16H22N4O3. The number of aryl methyl sites for hydroxylation is 1. The lowest BCUT2D eigenvalue weighted by Crippen LogP contribution is -2.46. The number of benzene rings is 1. The van der Waals surface area contributed by atoms with Crippen LogP contribution in [0.1, 0.15) is 25.6 Å². The van der Waals surface area contributed by atoms with Gasteiger partial charge in [0.05, 0.1) is 17.6 Å². The lowest BCUT2D eigenvalue weighted by atomic mass is 10.2. The van der Waals surface area contributed by atoms with Gasteiger partial charge in [-0.2, -0.15) is 0 Å². The van der Waals surface area contributed by atoms with Crippen LogP contribution in [0.2, 0.25) is 0 Å². The first-order valence-corrected chi connectivity index (χ1v) is 7.58. The molecule has 2 rings (SSSR count). The number of aromatic nitrogens is 2. The molecule has 0 spiro atoms. The van der Waals surface area contributed by atoms with Crippen LogP contribution in [0.25, 0.3) is 11.0 Å². The molecule has 2 amide bonds. The third kappa shape index (κ3) is 3.80. The number of rotatable bonds is 6. The molecule has 7 heteroatoms. The van der Waals surface area contributed by atoms with Crippen molar-refractivity contribution in [2.75, 3.05) is 7.05 Å². The summed E-state index contributed by atoms with van der Waals surface area (Å²) in [7, 11) is 3.52. The van der Waals surface area contributed by atoms with Crippen molar-refractivity contribution in [3.05, 3.63) is 30.1 Å². The highest BCUT2D eigenvalue weighted by Gasteiger charge is 2.21. The number of aliphatic carboxylic acids is 1. The van der Waals surface area contributed by atoms with Crippen LogP contribution in [-0.2, 0) is 18.4 Å². The van der Waals surface area contributed by atoms with Gasteiger partial charge in [0.15, 0.2) is 0 Å². The summed E-state index contributed by atoms with van der Waals surface area (Å²) in [5.41, 5.74) is 1.86. The number of nitrogens with one attached hydrogen (secondary N) is 1. The third-order valence-electron chi connectivity index (χ3n) is 3.78. The molecule has 0 bridgehead atoms. The Kier molecular flexibility index (Phi) is 5.20. The summed E-state index contributed by atoms with van der Waals surface area (Å²) in [4.78, 5) is 29.3. The van der Waals surface area contributed by atoms with Gasteiger partial charge < -0.3 is 19.9 Å². The van der Waals surface area contributed by atoms with Crippen LogP contribution in [0.5, 0.6) is 0 Å². The van der Waals surface area contributed by atoms with Crippen molar-refractivity contribution in [1.29, 1.82) is 0 Å². The van der Waals surface area contributed by atoms with Crippen LogP contribution < -0.4 is 5.32 Å². The molecule has 0 saturated heterocycles. The number of para-hydroxylation sites is 2. The molecule has 0 radical (unpaired) electrons. The van der Waals surface area contributed by atoms with Crippen molar-refractivity contribution >= 4 is 23.0 Å². The molecular weight excluding hydrogens is 296 g/mol. The van der Waals surface area contributed by atoms with Crippen LogP contribution in [0.15, 0.2) is 24.3 Å². The molecule has 1 heterocycles. The normalized spacial score (nSPS) is 12.1. The lowest BCUT2D eigenvalue weighted by molar-refractivity contribution is -0.139. The first kappa shape index (κ1) is 16.8. The zero-order valence-corrected chi connectivity index (χ0v) is 13.6. The highest BCUT2D eigenvalue weighted by molar-refractivity contribution is 5.82. The van der Waals surface area contributed by atoms with E-state index in [1.54, 1.807) is 7.05 Å². The first-order chi connectivity index (χ1) is 10.9. The van der Waals surface area contributed by atoms with Crippen molar-refractivity contribution in [1.82, 2.24) is 19.8 Å². The molecule has 0 aliphatic carbocycles. The number of carboxylic acid groups (broad SMARTS) is 1. The van der Waals surface area contributed by atoms with Crippen LogP contribution in [-0.4, -0.2) is 44.6 Å². The fourth-order valence-electron chi connectivity index (χ4n) is 2.43. The standard InChI is InChI=1S/C16H22N4O3/c1-4-7-12(15(21)22)18-16(23)19(2)10-14-17-11-8-5-6-9-13(11)20(14)3/h5-6,8-9,12H,4,7,10H2,1-3H3,(H,18,23)(H,21,22). The minimum atomic E-state index is -1.02. The van der Waals surface area contributed by atoms with E-state index >= 15 is 0 Å². The van der Waals surface area contributed by atoms with Gasteiger partial charge in [-0.1, -0.05) is 25.5 Å². The maximum Gasteiger partial charge on any atom is 0.326 e. The number of imidazole rings is 1. The zero-order valence-electron chi connectivity index (χ0n) is 13.6. The van der Waals surface area contributed by atoms with Crippen LogP contribution in [0.4, 0.5) is 4.79 Å². The number of hydrogen-bond donors (Lipinski definition) is 2. The Bertz CT molecular complexity index is 710. The molecule has 0 fully saturated rings. The van der Waals surface area contributed by atoms with Crippen molar-refractivity contribution in [2.24, 2.45) is 7.05 Å². The monoisotopic (exact) mass is 318 g/mol. The van der Waals surface area contributed by atoms with Gasteiger partial charge in [0, 0.05) is 14.1 Å². The van der Waals surface area contributed by atoms with E-state index in [-0.39, 0.29) is 0 Å². The van der Waals surface area contributed by atoms with Crippen molar-refractivity contribution in [3.63, 3.8) is 0 Å². The Morgan fingerprint density at radius 1 is 1.39 bits per heavy atom. The van der Waals surface area contributed by atoms with Gasteiger partial charge >= 0.3 is 12.0 Å². The van der Waals surface area contributed by atoms with Gasteiger partial charge in [-0.3, -0.25) is 0 Å². The largest absolute Gasteiger partial charge is 0.480 e. The number of carboxylic acids is 1. The van der Waals surface area contributed by atoms with Crippen molar-refractivity contribution in [3.8, 4) is 0 Å². The molecule has 124 valence electrons. The topological polar surface area (TPSA) is 87.5 Å². The third-order valence-corrected chi connectivity index (χ3v) is 3.78. The quantitative estimate of drug-likeness (QED) is 0.852. The van der Waals surface area contributed by atoms with Crippen molar-refractivity contribution in [2.45, 2.75) is 32.4 Å². The molecule has 0 aliphatic rings. The van der Waals surface area contributed by atoms with E-state index in [1.165, 1.54) is 4.90 Å². The van der Waals surface area contributed by atoms with E-state index in [4.69, 9.17) is 5.11 Å². The fourth-order valence-corrected chi connectivity index (χ4v) is 2.43. The number of nitrogens with zero attached hydrogens (tertiary/aromatic N) is 3. The predicted octanol–water partition coefficient (Wildman–Crippen LogP) is 1.97. The Morgan fingerprint density at radius 3 is 2.70 bits per heavy atom. The minimum absolute atomic E-state index is 0.301. The number of fused-ring (bicyclic) bond motifs is 1. The van der Waals surface area contributed by atoms with E-state index in [0.29, 0.717) is 19.4 Å².